The van der Waals surface area contributed by atoms with Gasteiger partial charge in [0.2, 0.25) is 0 Å². The highest BCUT2D eigenvalue weighted by atomic mass is 32.9. The van der Waals surface area contributed by atoms with Gasteiger partial charge < -0.3 is 9.05 Å². The average molecular weight is 499 g/mol. The summed E-state index contributed by atoms with van der Waals surface area (Å²) in [7, 11) is 0. The SMILES string of the molecule is CCC(C)c1cccc(OP(=S)(Oc2cccc(C(C)CC)c2)SC(C)c2ccccc2)c1. The number of benzene rings is 3. The highest BCUT2D eigenvalue weighted by Crippen LogP contribution is 2.64. The fraction of sp³-hybridized carbons (Fsp3) is 0.357. The van der Waals surface area contributed by atoms with Gasteiger partial charge in [-0.25, -0.2) is 0 Å². The van der Waals surface area contributed by atoms with Crippen molar-refractivity contribution in [2.75, 3.05) is 0 Å². The predicted molar refractivity (Wildman–Crippen MR) is 148 cm³/mol. The summed E-state index contributed by atoms with van der Waals surface area (Å²) in [4.78, 5) is 0. The summed E-state index contributed by atoms with van der Waals surface area (Å²) in [6, 6.07) is 27.0. The van der Waals surface area contributed by atoms with Gasteiger partial charge in [0.05, 0.1) is 0 Å². The molecule has 0 bridgehead atoms. The van der Waals surface area contributed by atoms with Crippen LogP contribution < -0.4 is 9.05 Å². The Hall–Kier alpha value is -1.74. The van der Waals surface area contributed by atoms with E-state index < -0.39 is 5.69 Å². The van der Waals surface area contributed by atoms with Crippen LogP contribution in [0.4, 0.5) is 0 Å². The molecule has 3 unspecified atom stereocenters. The summed E-state index contributed by atoms with van der Waals surface area (Å²) in [6.07, 6.45) is 2.16. The molecule has 33 heavy (non-hydrogen) atoms. The van der Waals surface area contributed by atoms with E-state index in [0.717, 1.165) is 24.3 Å². The van der Waals surface area contributed by atoms with Gasteiger partial charge >= 0.3 is 5.69 Å². The summed E-state index contributed by atoms with van der Waals surface area (Å²) in [5.41, 5.74) is 0.983. The maximum atomic E-state index is 6.53. The lowest BCUT2D eigenvalue weighted by molar-refractivity contribution is 0.504. The Kier molecular flexibility index (Phi) is 9.49. The minimum Gasteiger partial charge on any atom is -0.428 e. The Morgan fingerprint density at radius 2 is 1.15 bits per heavy atom. The predicted octanol–water partition coefficient (Wildman–Crippen LogP) is 9.89. The van der Waals surface area contributed by atoms with Gasteiger partial charge in [-0.05, 0) is 95.7 Å². The molecule has 0 saturated carbocycles. The first kappa shape index (κ1) is 25.9. The molecular weight excluding hydrogens is 463 g/mol. The molecule has 0 aliphatic rings. The highest BCUT2D eigenvalue weighted by Gasteiger charge is 2.28. The van der Waals surface area contributed by atoms with Gasteiger partial charge in [0, 0.05) is 5.25 Å². The van der Waals surface area contributed by atoms with E-state index in [2.05, 4.69) is 83.1 Å². The molecule has 0 fully saturated rings. The Labute approximate surface area is 209 Å². The fourth-order valence-corrected chi connectivity index (χ4v) is 9.04. The van der Waals surface area contributed by atoms with Crippen molar-refractivity contribution in [1.82, 2.24) is 0 Å². The smallest absolute Gasteiger partial charge is 0.349 e. The molecule has 3 aromatic rings. The van der Waals surface area contributed by atoms with E-state index in [1.807, 2.05) is 30.3 Å². The van der Waals surface area contributed by atoms with Gasteiger partial charge in [0.25, 0.3) is 0 Å². The molecule has 3 aromatic carbocycles. The lowest BCUT2D eigenvalue weighted by Gasteiger charge is -2.26. The average Bonchev–Trinajstić information content (AvgIpc) is 2.83. The molecule has 2 nitrogen and oxygen atoms in total. The van der Waals surface area contributed by atoms with Crippen molar-refractivity contribution in [1.29, 1.82) is 0 Å². The second kappa shape index (κ2) is 12.1. The Morgan fingerprint density at radius 1 is 0.697 bits per heavy atom. The van der Waals surface area contributed by atoms with Crippen molar-refractivity contribution in [2.24, 2.45) is 0 Å². The van der Waals surface area contributed by atoms with Crippen molar-refractivity contribution in [3.05, 3.63) is 95.6 Å². The third-order valence-corrected chi connectivity index (χ3v) is 11.2. The van der Waals surface area contributed by atoms with E-state index in [4.69, 9.17) is 20.9 Å². The molecule has 0 aliphatic heterocycles. The van der Waals surface area contributed by atoms with Crippen LogP contribution in [0, 0.1) is 0 Å². The number of hydrogen-bond acceptors (Lipinski definition) is 4. The monoisotopic (exact) mass is 498 g/mol. The lowest BCUT2D eigenvalue weighted by Crippen LogP contribution is -2.02. The summed E-state index contributed by atoms with van der Waals surface area (Å²) >= 11 is 7.76. The molecule has 3 atom stereocenters. The van der Waals surface area contributed by atoms with Crippen molar-refractivity contribution < 1.29 is 9.05 Å². The van der Waals surface area contributed by atoms with Crippen molar-refractivity contribution in [3.8, 4) is 11.5 Å². The molecule has 0 heterocycles. The van der Waals surface area contributed by atoms with Crippen LogP contribution in [-0.2, 0) is 11.8 Å². The first-order chi connectivity index (χ1) is 15.8. The number of rotatable bonds is 11. The van der Waals surface area contributed by atoms with E-state index in [1.54, 1.807) is 11.4 Å². The van der Waals surface area contributed by atoms with Crippen LogP contribution in [-0.4, -0.2) is 0 Å². The third kappa shape index (κ3) is 7.37. The topological polar surface area (TPSA) is 18.5 Å². The molecule has 0 spiro atoms. The van der Waals surface area contributed by atoms with Crippen LogP contribution in [0.3, 0.4) is 0 Å². The molecule has 0 saturated heterocycles. The van der Waals surface area contributed by atoms with E-state index in [0.29, 0.717) is 11.8 Å². The summed E-state index contributed by atoms with van der Waals surface area (Å²) in [5, 5.41) is 0.146. The minimum absolute atomic E-state index is 0.146. The molecule has 176 valence electrons. The zero-order valence-corrected chi connectivity index (χ0v) is 22.8. The molecule has 0 radical (unpaired) electrons. The van der Waals surface area contributed by atoms with Crippen LogP contribution >= 0.6 is 17.1 Å². The molecular formula is C28H35O2PS2. The van der Waals surface area contributed by atoms with Crippen LogP contribution in [0.15, 0.2) is 78.9 Å². The van der Waals surface area contributed by atoms with E-state index in [1.165, 1.54) is 16.7 Å². The first-order valence-electron chi connectivity index (χ1n) is 11.8. The fourth-order valence-electron chi connectivity index (χ4n) is 3.53. The standard InChI is InChI=1S/C28H35O2PS2/c1-6-21(3)25-15-11-17-27(19-25)29-31(32,33-23(5)24-13-9-8-10-14-24)30-28-18-12-16-26(20-28)22(4)7-2/h8-23H,6-7H2,1-5H3. The lowest BCUT2D eigenvalue weighted by atomic mass is 9.99. The summed E-state index contributed by atoms with van der Waals surface area (Å²) in [6.45, 7) is 11.0. The molecule has 5 heteroatoms. The Balaban J connectivity index is 1.91. The Bertz CT molecular complexity index is 1010. The summed E-state index contributed by atoms with van der Waals surface area (Å²) < 4.78 is 13.1. The maximum Gasteiger partial charge on any atom is 0.349 e. The summed E-state index contributed by atoms with van der Waals surface area (Å²) in [5.74, 6) is 2.50. The van der Waals surface area contributed by atoms with Gasteiger partial charge in [-0.2, -0.15) is 0 Å². The van der Waals surface area contributed by atoms with Crippen LogP contribution in [0.1, 0.15) is 81.2 Å². The van der Waals surface area contributed by atoms with Crippen LogP contribution in [0.25, 0.3) is 0 Å². The second-order valence-electron chi connectivity index (χ2n) is 8.55. The van der Waals surface area contributed by atoms with Crippen molar-refractivity contribution in [2.45, 2.75) is 64.5 Å². The maximum absolute atomic E-state index is 6.53. The van der Waals surface area contributed by atoms with Crippen molar-refractivity contribution in [3.63, 3.8) is 0 Å². The Morgan fingerprint density at radius 3 is 1.61 bits per heavy atom. The van der Waals surface area contributed by atoms with E-state index >= 15 is 0 Å². The zero-order chi connectivity index (χ0) is 23.8. The molecule has 0 amide bonds. The first-order valence-corrected chi connectivity index (χ1v) is 15.9. The largest absolute Gasteiger partial charge is 0.428 e. The molecule has 0 aliphatic carbocycles. The minimum atomic E-state index is -2.75. The van der Waals surface area contributed by atoms with Gasteiger partial charge in [-0.1, -0.05) is 82.3 Å². The van der Waals surface area contributed by atoms with Crippen molar-refractivity contribution >= 4 is 28.9 Å². The number of hydrogen-bond donors (Lipinski definition) is 0. The molecule has 0 N–H and O–H groups in total. The quantitative estimate of drug-likeness (QED) is 0.245. The highest BCUT2D eigenvalue weighted by molar-refractivity contribution is 8.68. The third-order valence-electron chi connectivity index (χ3n) is 6.07. The van der Waals surface area contributed by atoms with Crippen LogP contribution in [0.5, 0.6) is 11.5 Å². The molecule has 3 rings (SSSR count). The van der Waals surface area contributed by atoms with Gasteiger partial charge in [0.15, 0.2) is 0 Å². The normalized spacial score (nSPS) is 15.8. The van der Waals surface area contributed by atoms with Crippen LogP contribution in [0.2, 0.25) is 0 Å². The molecule has 0 aromatic heterocycles. The van der Waals surface area contributed by atoms with E-state index in [-0.39, 0.29) is 5.25 Å². The van der Waals surface area contributed by atoms with Gasteiger partial charge in [-0.3, -0.25) is 0 Å². The van der Waals surface area contributed by atoms with Gasteiger partial charge in [-0.15, -0.1) is 0 Å². The zero-order valence-electron chi connectivity index (χ0n) is 20.2. The van der Waals surface area contributed by atoms with E-state index in [9.17, 15) is 0 Å². The second-order valence-corrected chi connectivity index (χ2v) is 14.9. The van der Waals surface area contributed by atoms with Gasteiger partial charge in [0.1, 0.15) is 11.5 Å².